The van der Waals surface area contributed by atoms with Gasteiger partial charge in [-0.25, -0.2) is 4.98 Å². The van der Waals surface area contributed by atoms with Crippen molar-refractivity contribution in [1.29, 1.82) is 0 Å². The first kappa shape index (κ1) is 14.2. The van der Waals surface area contributed by atoms with E-state index >= 15 is 0 Å². The predicted molar refractivity (Wildman–Crippen MR) is 66.7 cm³/mol. The number of carbonyl (C=O) groups is 2. The van der Waals surface area contributed by atoms with Crippen LogP contribution in [0.25, 0.3) is 0 Å². The SMILES string of the molecule is NCCn1cnc(C(=O)NCCCCC(N)=O)c1. The molecule has 0 aliphatic rings. The second-order valence-electron chi connectivity index (χ2n) is 3.96. The van der Waals surface area contributed by atoms with Gasteiger partial charge in [-0.3, -0.25) is 9.59 Å². The largest absolute Gasteiger partial charge is 0.370 e. The first-order chi connectivity index (χ1) is 8.63. The summed E-state index contributed by atoms with van der Waals surface area (Å²) in [7, 11) is 0. The molecular weight excluding hydrogens is 234 g/mol. The molecule has 18 heavy (non-hydrogen) atoms. The number of hydrogen-bond acceptors (Lipinski definition) is 4. The van der Waals surface area contributed by atoms with Gasteiger partial charge in [0.2, 0.25) is 5.91 Å². The summed E-state index contributed by atoms with van der Waals surface area (Å²) in [4.78, 5) is 26.1. The van der Waals surface area contributed by atoms with Crippen LogP contribution in [0.4, 0.5) is 0 Å². The second-order valence-corrected chi connectivity index (χ2v) is 3.96. The van der Waals surface area contributed by atoms with E-state index in [4.69, 9.17) is 11.5 Å². The fraction of sp³-hybridized carbons (Fsp3) is 0.545. The second kappa shape index (κ2) is 7.44. The fourth-order valence-electron chi connectivity index (χ4n) is 1.47. The lowest BCUT2D eigenvalue weighted by Gasteiger charge is -2.02. The molecule has 0 atom stereocenters. The topological polar surface area (TPSA) is 116 Å². The monoisotopic (exact) mass is 253 g/mol. The third-order valence-corrected chi connectivity index (χ3v) is 2.39. The number of unbranched alkanes of at least 4 members (excludes halogenated alkanes) is 1. The molecule has 1 aromatic heterocycles. The number of rotatable bonds is 8. The van der Waals surface area contributed by atoms with Gasteiger partial charge in [0.1, 0.15) is 5.69 Å². The van der Waals surface area contributed by atoms with Crippen LogP contribution in [0.2, 0.25) is 0 Å². The number of primary amides is 1. The third kappa shape index (κ3) is 4.96. The van der Waals surface area contributed by atoms with Crippen molar-refractivity contribution in [3.05, 3.63) is 18.2 Å². The molecule has 0 saturated carbocycles. The number of nitrogens with zero attached hydrogens (tertiary/aromatic N) is 2. The number of nitrogens with one attached hydrogen (secondary N) is 1. The molecule has 2 amide bonds. The fourth-order valence-corrected chi connectivity index (χ4v) is 1.47. The molecule has 5 N–H and O–H groups in total. The van der Waals surface area contributed by atoms with Crippen molar-refractivity contribution in [2.75, 3.05) is 13.1 Å². The molecule has 0 bridgehead atoms. The molecule has 0 fully saturated rings. The molecule has 0 aliphatic heterocycles. The summed E-state index contributed by atoms with van der Waals surface area (Å²) in [5.41, 5.74) is 10.8. The van der Waals surface area contributed by atoms with Gasteiger partial charge < -0.3 is 21.4 Å². The van der Waals surface area contributed by atoms with Crippen LogP contribution in [-0.4, -0.2) is 34.5 Å². The minimum Gasteiger partial charge on any atom is -0.370 e. The van der Waals surface area contributed by atoms with Gasteiger partial charge in [0.05, 0.1) is 6.33 Å². The van der Waals surface area contributed by atoms with E-state index in [0.717, 1.165) is 6.42 Å². The Hall–Kier alpha value is -1.89. The summed E-state index contributed by atoms with van der Waals surface area (Å²) in [6, 6.07) is 0. The van der Waals surface area contributed by atoms with Crippen LogP contribution in [0.1, 0.15) is 29.8 Å². The van der Waals surface area contributed by atoms with Gasteiger partial charge in [-0.05, 0) is 12.8 Å². The molecule has 100 valence electrons. The van der Waals surface area contributed by atoms with Crippen LogP contribution < -0.4 is 16.8 Å². The highest BCUT2D eigenvalue weighted by Crippen LogP contribution is 1.97. The Morgan fingerprint density at radius 1 is 1.39 bits per heavy atom. The minimum atomic E-state index is -0.318. The highest BCUT2D eigenvalue weighted by molar-refractivity contribution is 5.91. The number of hydrogen-bond donors (Lipinski definition) is 3. The molecule has 7 heteroatoms. The molecule has 0 saturated heterocycles. The van der Waals surface area contributed by atoms with Gasteiger partial charge in [-0.1, -0.05) is 0 Å². The van der Waals surface area contributed by atoms with Crippen molar-refractivity contribution in [1.82, 2.24) is 14.9 Å². The Balaban J connectivity index is 2.25. The minimum absolute atomic E-state index is 0.218. The summed E-state index contributed by atoms with van der Waals surface area (Å²) >= 11 is 0. The average Bonchev–Trinajstić information content (AvgIpc) is 2.77. The first-order valence-electron chi connectivity index (χ1n) is 5.92. The van der Waals surface area contributed by atoms with Crippen LogP contribution in [0.15, 0.2) is 12.5 Å². The normalized spacial score (nSPS) is 10.3. The predicted octanol–water partition coefficient (Wildman–Crippen LogP) is -0.773. The third-order valence-electron chi connectivity index (χ3n) is 2.39. The Labute approximate surface area is 106 Å². The van der Waals surface area contributed by atoms with Crippen molar-refractivity contribution in [2.24, 2.45) is 11.5 Å². The number of carbonyl (C=O) groups excluding carboxylic acids is 2. The van der Waals surface area contributed by atoms with E-state index in [0.29, 0.717) is 38.2 Å². The summed E-state index contributed by atoms with van der Waals surface area (Å²) in [5.74, 6) is -0.535. The lowest BCUT2D eigenvalue weighted by Crippen LogP contribution is -2.25. The molecule has 0 unspecified atom stereocenters. The van der Waals surface area contributed by atoms with Crippen LogP contribution in [0, 0.1) is 0 Å². The summed E-state index contributed by atoms with van der Waals surface area (Å²) in [6.07, 6.45) is 4.98. The molecular formula is C11H19N5O2. The standard InChI is InChI=1S/C11H19N5O2/c12-4-6-16-7-9(15-8-16)11(18)14-5-2-1-3-10(13)17/h7-8H,1-6,12H2,(H2,13,17)(H,14,18). The molecule has 7 nitrogen and oxygen atoms in total. The summed E-state index contributed by atoms with van der Waals surface area (Å²) < 4.78 is 1.77. The van der Waals surface area contributed by atoms with E-state index in [1.165, 1.54) is 0 Å². The Kier molecular flexibility index (Phi) is 5.86. The van der Waals surface area contributed by atoms with E-state index < -0.39 is 0 Å². The van der Waals surface area contributed by atoms with Gasteiger partial charge in [-0.15, -0.1) is 0 Å². The number of amides is 2. The highest BCUT2D eigenvalue weighted by atomic mass is 16.2. The molecule has 1 rings (SSSR count). The van der Waals surface area contributed by atoms with Crippen molar-refractivity contribution in [2.45, 2.75) is 25.8 Å². The smallest absolute Gasteiger partial charge is 0.271 e. The lowest BCUT2D eigenvalue weighted by atomic mass is 10.2. The molecule has 1 aromatic rings. The molecule has 0 spiro atoms. The van der Waals surface area contributed by atoms with Gasteiger partial charge in [0.15, 0.2) is 0 Å². The zero-order valence-corrected chi connectivity index (χ0v) is 10.3. The lowest BCUT2D eigenvalue weighted by molar-refractivity contribution is -0.118. The number of nitrogens with two attached hydrogens (primary N) is 2. The first-order valence-corrected chi connectivity index (χ1v) is 5.92. The summed E-state index contributed by atoms with van der Waals surface area (Å²) in [6.45, 7) is 1.65. The molecule has 0 aliphatic carbocycles. The molecule has 0 aromatic carbocycles. The van der Waals surface area contributed by atoms with Crippen molar-refractivity contribution in [3.63, 3.8) is 0 Å². The van der Waals surface area contributed by atoms with Gasteiger partial charge in [-0.2, -0.15) is 0 Å². The maximum atomic E-state index is 11.6. The van der Waals surface area contributed by atoms with Crippen molar-refractivity contribution >= 4 is 11.8 Å². The number of aromatic nitrogens is 2. The number of imidazole rings is 1. The van der Waals surface area contributed by atoms with Crippen molar-refractivity contribution in [3.8, 4) is 0 Å². The highest BCUT2D eigenvalue weighted by Gasteiger charge is 2.08. The molecule has 1 heterocycles. The van der Waals surface area contributed by atoms with E-state index in [-0.39, 0.29) is 11.8 Å². The maximum absolute atomic E-state index is 11.6. The average molecular weight is 253 g/mol. The van der Waals surface area contributed by atoms with Crippen LogP contribution in [0.3, 0.4) is 0 Å². The Morgan fingerprint density at radius 3 is 2.83 bits per heavy atom. The quantitative estimate of drug-likeness (QED) is 0.527. The van der Waals surface area contributed by atoms with E-state index in [2.05, 4.69) is 10.3 Å². The van der Waals surface area contributed by atoms with Crippen molar-refractivity contribution < 1.29 is 9.59 Å². The van der Waals surface area contributed by atoms with Gasteiger partial charge >= 0.3 is 0 Å². The Bertz CT molecular complexity index is 402. The van der Waals surface area contributed by atoms with Crippen LogP contribution in [-0.2, 0) is 11.3 Å². The zero-order valence-electron chi connectivity index (χ0n) is 10.3. The molecule has 0 radical (unpaired) electrons. The van der Waals surface area contributed by atoms with Crippen LogP contribution >= 0.6 is 0 Å². The summed E-state index contributed by atoms with van der Waals surface area (Å²) in [5, 5.41) is 2.73. The van der Waals surface area contributed by atoms with E-state index in [1.807, 2.05) is 0 Å². The maximum Gasteiger partial charge on any atom is 0.271 e. The van der Waals surface area contributed by atoms with Gasteiger partial charge in [0, 0.05) is 32.3 Å². The van der Waals surface area contributed by atoms with Gasteiger partial charge in [0.25, 0.3) is 5.91 Å². The van der Waals surface area contributed by atoms with E-state index in [9.17, 15) is 9.59 Å². The van der Waals surface area contributed by atoms with Crippen LogP contribution in [0.5, 0.6) is 0 Å². The van der Waals surface area contributed by atoms with E-state index in [1.54, 1.807) is 17.1 Å². The zero-order chi connectivity index (χ0) is 13.4. The Morgan fingerprint density at radius 2 is 2.17 bits per heavy atom.